The second-order valence-corrected chi connectivity index (χ2v) is 4.74. The van der Waals surface area contributed by atoms with Crippen LogP contribution >= 0.6 is 0 Å². The summed E-state index contributed by atoms with van der Waals surface area (Å²) in [6.45, 7) is 2.80. The van der Waals surface area contributed by atoms with Crippen LogP contribution in [0, 0.1) is 18.3 Å². The largest absolute Gasteiger partial charge is 0.298 e. The Labute approximate surface area is 114 Å². The van der Waals surface area contributed by atoms with Crippen LogP contribution in [0.25, 0.3) is 0 Å². The van der Waals surface area contributed by atoms with Crippen molar-refractivity contribution in [3.05, 3.63) is 71.3 Å². The molecule has 0 radical (unpaired) electrons. The van der Waals surface area contributed by atoms with Gasteiger partial charge in [0.25, 0.3) is 0 Å². The Morgan fingerprint density at radius 3 is 2.32 bits per heavy atom. The maximum Gasteiger partial charge on any atom is 0.0996 e. The molecule has 0 fully saturated rings. The quantitative estimate of drug-likeness (QED) is 0.884. The van der Waals surface area contributed by atoms with Gasteiger partial charge in [-0.05, 0) is 18.1 Å². The molecule has 2 rings (SSSR count). The molecule has 0 bridgehead atoms. The summed E-state index contributed by atoms with van der Waals surface area (Å²) >= 11 is 0. The van der Waals surface area contributed by atoms with Crippen LogP contribution in [0.5, 0.6) is 0 Å². The second kappa shape index (κ2) is 6.72. The van der Waals surface area contributed by atoms with Crippen molar-refractivity contribution >= 4 is 0 Å². The van der Waals surface area contributed by atoms with Gasteiger partial charge in [0.1, 0.15) is 0 Å². The minimum atomic E-state index is -0.149. The molecule has 0 aliphatic carbocycles. The first-order valence-corrected chi connectivity index (χ1v) is 6.50. The number of nitriles is 1. The third-order valence-corrected chi connectivity index (χ3v) is 3.11. The molecule has 1 N–H and O–H groups in total. The first-order valence-electron chi connectivity index (χ1n) is 6.50. The predicted molar refractivity (Wildman–Crippen MR) is 77.6 cm³/mol. The molecule has 2 aromatic carbocycles. The lowest BCUT2D eigenvalue weighted by molar-refractivity contribution is 0.599. The van der Waals surface area contributed by atoms with Crippen molar-refractivity contribution in [3.8, 4) is 6.07 Å². The first-order chi connectivity index (χ1) is 9.28. The lowest BCUT2D eigenvalue weighted by Crippen LogP contribution is -2.29. The molecule has 96 valence electrons. The zero-order chi connectivity index (χ0) is 13.5. The fraction of sp³-hybridized carbons (Fsp3) is 0.235. The summed E-state index contributed by atoms with van der Waals surface area (Å²) in [7, 11) is 0. The Kier molecular flexibility index (Phi) is 4.72. The third-order valence-electron chi connectivity index (χ3n) is 3.11. The van der Waals surface area contributed by atoms with E-state index >= 15 is 0 Å². The molecule has 1 unspecified atom stereocenters. The van der Waals surface area contributed by atoms with Crippen LogP contribution in [0.4, 0.5) is 0 Å². The van der Waals surface area contributed by atoms with Crippen molar-refractivity contribution in [2.24, 2.45) is 0 Å². The van der Waals surface area contributed by atoms with Crippen LogP contribution in [0.3, 0.4) is 0 Å². The Morgan fingerprint density at radius 2 is 1.68 bits per heavy atom. The van der Waals surface area contributed by atoms with Gasteiger partial charge in [-0.15, -0.1) is 0 Å². The second-order valence-electron chi connectivity index (χ2n) is 4.74. The zero-order valence-electron chi connectivity index (χ0n) is 11.1. The van der Waals surface area contributed by atoms with Gasteiger partial charge in [0.2, 0.25) is 0 Å². The number of hydrogen-bond donors (Lipinski definition) is 1. The fourth-order valence-corrected chi connectivity index (χ4v) is 1.96. The lowest BCUT2D eigenvalue weighted by atomic mass is 10.1. The molecule has 0 aliphatic rings. The molecule has 0 heterocycles. The van der Waals surface area contributed by atoms with Crippen LogP contribution in [-0.2, 0) is 13.0 Å². The van der Waals surface area contributed by atoms with E-state index in [1.54, 1.807) is 0 Å². The van der Waals surface area contributed by atoms with E-state index in [-0.39, 0.29) is 6.04 Å². The summed E-state index contributed by atoms with van der Waals surface area (Å²) in [6.07, 6.45) is 0.739. The first kappa shape index (κ1) is 13.3. The predicted octanol–water partition coefficient (Wildman–Crippen LogP) is 3.22. The lowest BCUT2D eigenvalue weighted by Gasteiger charge is -2.11. The normalized spacial score (nSPS) is 11.8. The minimum Gasteiger partial charge on any atom is -0.298 e. The van der Waals surface area contributed by atoms with Gasteiger partial charge in [-0.25, -0.2) is 0 Å². The molecule has 0 amide bonds. The zero-order valence-corrected chi connectivity index (χ0v) is 11.1. The molecule has 0 saturated carbocycles. The van der Waals surface area contributed by atoms with Gasteiger partial charge in [-0.1, -0.05) is 60.2 Å². The highest BCUT2D eigenvalue weighted by atomic mass is 14.9. The average Bonchev–Trinajstić information content (AvgIpc) is 2.46. The highest BCUT2D eigenvalue weighted by Crippen LogP contribution is 2.05. The number of benzene rings is 2. The highest BCUT2D eigenvalue weighted by molar-refractivity contribution is 5.22. The topological polar surface area (TPSA) is 35.8 Å². The van der Waals surface area contributed by atoms with Crippen molar-refractivity contribution in [2.45, 2.75) is 25.9 Å². The van der Waals surface area contributed by atoms with Crippen LogP contribution in [0.2, 0.25) is 0 Å². The molecule has 0 aliphatic heterocycles. The van der Waals surface area contributed by atoms with Gasteiger partial charge in [0.15, 0.2) is 0 Å². The van der Waals surface area contributed by atoms with E-state index in [1.165, 1.54) is 16.7 Å². The average molecular weight is 250 g/mol. The van der Waals surface area contributed by atoms with Crippen molar-refractivity contribution in [1.29, 1.82) is 5.26 Å². The van der Waals surface area contributed by atoms with E-state index in [1.807, 2.05) is 18.2 Å². The number of rotatable bonds is 5. The number of aryl methyl sites for hydroxylation is 1. The molecule has 0 spiro atoms. The van der Waals surface area contributed by atoms with Gasteiger partial charge >= 0.3 is 0 Å². The van der Waals surface area contributed by atoms with E-state index in [9.17, 15) is 5.26 Å². The summed E-state index contributed by atoms with van der Waals surface area (Å²) in [4.78, 5) is 0. The fourth-order valence-electron chi connectivity index (χ4n) is 1.96. The summed E-state index contributed by atoms with van der Waals surface area (Å²) in [5.74, 6) is 0. The van der Waals surface area contributed by atoms with E-state index in [0.717, 1.165) is 13.0 Å². The summed E-state index contributed by atoms with van der Waals surface area (Å²) < 4.78 is 0. The van der Waals surface area contributed by atoms with Crippen LogP contribution in [-0.4, -0.2) is 6.04 Å². The smallest absolute Gasteiger partial charge is 0.0996 e. The monoisotopic (exact) mass is 250 g/mol. The minimum absolute atomic E-state index is 0.149. The number of hydrogen-bond acceptors (Lipinski definition) is 2. The Morgan fingerprint density at radius 1 is 1.00 bits per heavy atom. The SMILES string of the molecule is Cc1ccc(CNC(C#N)Cc2ccccc2)cc1. The van der Waals surface area contributed by atoms with E-state index in [0.29, 0.717) is 0 Å². The van der Waals surface area contributed by atoms with E-state index < -0.39 is 0 Å². The Hall–Kier alpha value is -2.11. The van der Waals surface area contributed by atoms with Crippen molar-refractivity contribution in [1.82, 2.24) is 5.32 Å². The Bertz CT molecular complexity index is 538. The Balaban J connectivity index is 1.90. The molecule has 19 heavy (non-hydrogen) atoms. The van der Waals surface area contributed by atoms with Gasteiger partial charge in [-0.3, -0.25) is 5.32 Å². The molecular weight excluding hydrogens is 232 g/mol. The standard InChI is InChI=1S/C17H18N2/c1-14-7-9-16(10-8-14)13-19-17(12-18)11-15-5-3-2-4-6-15/h2-10,17,19H,11,13H2,1H3. The van der Waals surface area contributed by atoms with Crippen molar-refractivity contribution in [3.63, 3.8) is 0 Å². The van der Waals surface area contributed by atoms with Crippen LogP contribution in [0.1, 0.15) is 16.7 Å². The third kappa shape index (κ3) is 4.24. The number of nitrogens with zero attached hydrogens (tertiary/aromatic N) is 1. The molecule has 0 aromatic heterocycles. The molecule has 2 nitrogen and oxygen atoms in total. The van der Waals surface area contributed by atoms with Gasteiger partial charge in [0.05, 0.1) is 12.1 Å². The maximum absolute atomic E-state index is 9.20. The van der Waals surface area contributed by atoms with Crippen LogP contribution < -0.4 is 5.32 Å². The van der Waals surface area contributed by atoms with E-state index in [4.69, 9.17) is 0 Å². The van der Waals surface area contributed by atoms with Crippen molar-refractivity contribution in [2.75, 3.05) is 0 Å². The molecule has 2 heteroatoms. The van der Waals surface area contributed by atoms with Crippen LogP contribution in [0.15, 0.2) is 54.6 Å². The van der Waals surface area contributed by atoms with Gasteiger partial charge in [0, 0.05) is 13.0 Å². The van der Waals surface area contributed by atoms with Gasteiger partial charge < -0.3 is 0 Å². The molecule has 1 atom stereocenters. The maximum atomic E-state index is 9.20. The van der Waals surface area contributed by atoms with Gasteiger partial charge in [-0.2, -0.15) is 5.26 Å². The summed E-state index contributed by atoms with van der Waals surface area (Å²) in [6, 6.07) is 20.7. The summed E-state index contributed by atoms with van der Waals surface area (Å²) in [5.41, 5.74) is 3.65. The van der Waals surface area contributed by atoms with E-state index in [2.05, 4.69) is 54.7 Å². The molecule has 2 aromatic rings. The molecular formula is C17H18N2. The summed E-state index contributed by atoms with van der Waals surface area (Å²) in [5, 5.41) is 12.5. The molecule has 0 saturated heterocycles. The van der Waals surface area contributed by atoms with Crippen molar-refractivity contribution < 1.29 is 0 Å². The highest BCUT2D eigenvalue weighted by Gasteiger charge is 2.07. The number of nitrogens with one attached hydrogen (secondary N) is 1.